The smallest absolute Gasteiger partial charge is 0.433 e. The molecule has 3 aromatic heterocycles. The van der Waals surface area contributed by atoms with Crippen molar-refractivity contribution in [3.63, 3.8) is 0 Å². The van der Waals surface area contributed by atoms with Crippen LogP contribution in [0.2, 0.25) is 0 Å². The van der Waals surface area contributed by atoms with Gasteiger partial charge in [-0.05, 0) is 43.3 Å². The molecule has 0 radical (unpaired) electrons. The highest BCUT2D eigenvalue weighted by Crippen LogP contribution is 2.32. The number of hydrogen-bond donors (Lipinski definition) is 1. The van der Waals surface area contributed by atoms with E-state index in [9.17, 15) is 18.0 Å². The van der Waals surface area contributed by atoms with Crippen LogP contribution in [0.3, 0.4) is 0 Å². The monoisotopic (exact) mass is 444 g/mol. The Bertz CT molecular complexity index is 1260. The first-order valence-electron chi connectivity index (χ1n) is 9.71. The van der Waals surface area contributed by atoms with Gasteiger partial charge >= 0.3 is 6.18 Å². The molecule has 1 N–H and O–H groups in total. The first-order valence-corrected chi connectivity index (χ1v) is 9.71. The Morgan fingerprint density at radius 1 is 1.16 bits per heavy atom. The highest BCUT2D eigenvalue weighted by Gasteiger charge is 2.35. The van der Waals surface area contributed by atoms with Crippen LogP contribution in [0, 0.1) is 0 Å². The molecule has 11 heteroatoms. The molecule has 166 valence electrons. The van der Waals surface area contributed by atoms with Crippen molar-refractivity contribution in [1.29, 1.82) is 0 Å². The predicted molar refractivity (Wildman–Crippen MR) is 109 cm³/mol. The van der Waals surface area contributed by atoms with E-state index in [-0.39, 0.29) is 23.6 Å². The fourth-order valence-electron chi connectivity index (χ4n) is 3.25. The van der Waals surface area contributed by atoms with Crippen LogP contribution in [-0.2, 0) is 19.3 Å². The number of aromatic nitrogens is 5. The van der Waals surface area contributed by atoms with Crippen LogP contribution in [0.1, 0.15) is 28.8 Å². The summed E-state index contributed by atoms with van der Waals surface area (Å²) >= 11 is 0. The summed E-state index contributed by atoms with van der Waals surface area (Å²) < 4.78 is 48.6. The lowest BCUT2D eigenvalue weighted by Gasteiger charge is -2.11. The van der Waals surface area contributed by atoms with Gasteiger partial charge in [-0.3, -0.25) is 9.48 Å². The van der Waals surface area contributed by atoms with E-state index in [4.69, 9.17) is 4.74 Å². The Morgan fingerprint density at radius 2 is 1.91 bits per heavy atom. The molecule has 0 unspecified atom stereocenters. The third-order valence-electron chi connectivity index (χ3n) is 4.87. The van der Waals surface area contributed by atoms with E-state index in [1.54, 1.807) is 41.2 Å². The molecule has 0 spiro atoms. The molecule has 0 fully saturated rings. The van der Waals surface area contributed by atoms with E-state index in [0.717, 1.165) is 11.8 Å². The molecule has 1 aromatic carbocycles. The first kappa shape index (κ1) is 21.3. The fraction of sp³-hybridized carbons (Fsp3) is 0.238. The van der Waals surface area contributed by atoms with Crippen molar-refractivity contribution in [2.75, 3.05) is 7.11 Å². The van der Waals surface area contributed by atoms with Gasteiger partial charge in [0.05, 0.1) is 25.0 Å². The molecule has 4 rings (SSSR count). The summed E-state index contributed by atoms with van der Waals surface area (Å²) in [5.41, 5.74) is 0.0498. The molecule has 0 saturated carbocycles. The summed E-state index contributed by atoms with van der Waals surface area (Å²) in [6, 6.07) is 10.4. The molecule has 0 atom stereocenters. The fourth-order valence-corrected chi connectivity index (χ4v) is 3.25. The molecule has 4 aromatic rings. The number of methoxy groups -OCH3 is 1. The first-order chi connectivity index (χ1) is 15.3. The Kier molecular flexibility index (Phi) is 5.56. The second-order valence-electron chi connectivity index (χ2n) is 6.87. The average Bonchev–Trinajstić information content (AvgIpc) is 3.42. The predicted octanol–water partition coefficient (Wildman–Crippen LogP) is 3.57. The van der Waals surface area contributed by atoms with Crippen molar-refractivity contribution >= 4 is 11.6 Å². The second kappa shape index (κ2) is 8.33. The van der Waals surface area contributed by atoms with Gasteiger partial charge in [-0.15, -0.1) is 0 Å². The van der Waals surface area contributed by atoms with Gasteiger partial charge in [0.1, 0.15) is 5.75 Å². The molecule has 3 heterocycles. The maximum atomic E-state index is 13.7. The highest BCUT2D eigenvalue weighted by molar-refractivity contribution is 5.93. The summed E-state index contributed by atoms with van der Waals surface area (Å²) in [5, 5.41) is 10.6. The van der Waals surface area contributed by atoms with E-state index >= 15 is 0 Å². The topological polar surface area (TPSA) is 86.3 Å². The van der Waals surface area contributed by atoms with Crippen LogP contribution in [0.4, 0.5) is 13.2 Å². The van der Waals surface area contributed by atoms with Crippen LogP contribution < -0.4 is 10.1 Å². The average molecular weight is 444 g/mol. The van der Waals surface area contributed by atoms with Gasteiger partial charge in [-0.25, -0.2) is 9.50 Å². The van der Waals surface area contributed by atoms with Crippen molar-refractivity contribution in [2.24, 2.45) is 0 Å². The molecule has 0 aliphatic heterocycles. The summed E-state index contributed by atoms with van der Waals surface area (Å²) in [5.74, 6) is -0.0444. The number of nitrogens with one attached hydrogen (secondary N) is 1. The number of amides is 1. The van der Waals surface area contributed by atoms with Crippen molar-refractivity contribution < 1.29 is 22.7 Å². The third-order valence-corrected chi connectivity index (χ3v) is 4.87. The van der Waals surface area contributed by atoms with Crippen molar-refractivity contribution in [3.8, 4) is 17.0 Å². The minimum Gasteiger partial charge on any atom is -0.497 e. The van der Waals surface area contributed by atoms with Gasteiger partial charge in [0.2, 0.25) is 0 Å². The Balaban J connectivity index is 1.69. The summed E-state index contributed by atoms with van der Waals surface area (Å²) in [6.45, 7) is 2.70. The van der Waals surface area contributed by atoms with Gasteiger partial charge in [-0.1, -0.05) is 0 Å². The normalized spacial score (nSPS) is 11.7. The lowest BCUT2D eigenvalue weighted by Crippen LogP contribution is -2.25. The minimum atomic E-state index is -4.70. The minimum absolute atomic E-state index is 0.0885. The van der Waals surface area contributed by atoms with Gasteiger partial charge in [0, 0.05) is 24.4 Å². The number of aryl methyl sites for hydroxylation is 1. The zero-order valence-electron chi connectivity index (χ0n) is 17.2. The molecule has 32 heavy (non-hydrogen) atoms. The number of halogens is 3. The Morgan fingerprint density at radius 3 is 2.56 bits per heavy atom. The van der Waals surface area contributed by atoms with Gasteiger partial charge in [0.15, 0.2) is 17.0 Å². The Labute approximate surface area is 180 Å². The lowest BCUT2D eigenvalue weighted by atomic mass is 10.1. The lowest BCUT2D eigenvalue weighted by molar-refractivity contribution is -0.142. The Hall–Kier alpha value is -3.89. The van der Waals surface area contributed by atoms with Crippen LogP contribution in [0.25, 0.3) is 16.9 Å². The molecule has 1 amide bonds. The molecular formula is C21H19F3N6O2. The zero-order valence-corrected chi connectivity index (χ0v) is 17.2. The summed E-state index contributed by atoms with van der Waals surface area (Å²) in [7, 11) is 1.50. The van der Waals surface area contributed by atoms with Crippen molar-refractivity contribution in [3.05, 3.63) is 65.7 Å². The maximum Gasteiger partial charge on any atom is 0.433 e. The number of nitrogens with zero attached hydrogens (tertiary/aromatic N) is 5. The quantitative estimate of drug-likeness (QED) is 0.491. The molecule has 0 saturated heterocycles. The van der Waals surface area contributed by atoms with Gasteiger partial charge < -0.3 is 10.1 Å². The number of carbonyl (C=O) groups is 1. The number of ether oxygens (including phenoxy) is 1. The van der Waals surface area contributed by atoms with E-state index in [1.807, 2.05) is 6.92 Å². The van der Waals surface area contributed by atoms with Gasteiger partial charge in [-0.2, -0.15) is 23.4 Å². The van der Waals surface area contributed by atoms with E-state index in [1.165, 1.54) is 13.2 Å². The number of hydrogen-bond acceptors (Lipinski definition) is 5. The molecule has 0 aliphatic rings. The summed E-state index contributed by atoms with van der Waals surface area (Å²) in [4.78, 5) is 16.8. The van der Waals surface area contributed by atoms with E-state index in [2.05, 4.69) is 20.5 Å². The molecule has 8 nitrogen and oxygen atoms in total. The van der Waals surface area contributed by atoms with E-state index in [0.29, 0.717) is 22.4 Å². The van der Waals surface area contributed by atoms with Crippen LogP contribution in [-0.4, -0.2) is 37.4 Å². The highest BCUT2D eigenvalue weighted by atomic mass is 19.4. The second-order valence-corrected chi connectivity index (χ2v) is 6.87. The molecule has 0 bridgehead atoms. The molecule has 0 aliphatic carbocycles. The standard InChI is InChI=1S/C21H19F3N6O2/c1-3-29-14(8-9-26-29)12-25-20(31)17-11-19-27-16(13-4-6-15(32-2)7-5-13)10-18(21(22,23)24)30(19)28-17/h4-11H,3,12H2,1-2H3,(H,25,31). The number of rotatable bonds is 6. The largest absolute Gasteiger partial charge is 0.497 e. The summed E-state index contributed by atoms with van der Waals surface area (Å²) in [6.07, 6.45) is -3.09. The SMILES string of the molecule is CCn1nccc1CNC(=O)c1cc2nc(-c3ccc(OC)cc3)cc(C(F)(F)F)n2n1. The van der Waals surface area contributed by atoms with Crippen LogP contribution in [0.5, 0.6) is 5.75 Å². The third kappa shape index (κ3) is 4.13. The molecular weight excluding hydrogens is 425 g/mol. The van der Waals surface area contributed by atoms with Gasteiger partial charge in [0.25, 0.3) is 5.91 Å². The maximum absolute atomic E-state index is 13.7. The van der Waals surface area contributed by atoms with Crippen LogP contribution in [0.15, 0.2) is 48.7 Å². The zero-order chi connectivity index (χ0) is 22.9. The van der Waals surface area contributed by atoms with Crippen molar-refractivity contribution in [2.45, 2.75) is 26.2 Å². The number of carbonyl (C=O) groups excluding carboxylic acids is 1. The number of alkyl halides is 3. The van der Waals surface area contributed by atoms with Crippen molar-refractivity contribution in [1.82, 2.24) is 29.7 Å². The number of benzene rings is 1. The number of fused-ring (bicyclic) bond motifs is 1. The van der Waals surface area contributed by atoms with Crippen LogP contribution >= 0.6 is 0 Å². The van der Waals surface area contributed by atoms with E-state index < -0.39 is 17.8 Å².